The number of sulfonamides is 1. The van der Waals surface area contributed by atoms with Gasteiger partial charge in [0.2, 0.25) is 10.0 Å². The Bertz CT molecular complexity index is 926. The van der Waals surface area contributed by atoms with E-state index in [0.717, 1.165) is 11.4 Å². The fourth-order valence-electron chi connectivity index (χ4n) is 3.00. The highest BCUT2D eigenvalue weighted by Gasteiger charge is 2.32. The largest absolute Gasteiger partial charge is 0.459 e. The molecule has 27 heavy (non-hydrogen) atoms. The van der Waals surface area contributed by atoms with E-state index in [4.69, 9.17) is 4.74 Å². The third-order valence-electron chi connectivity index (χ3n) is 4.26. The second-order valence-electron chi connectivity index (χ2n) is 6.43. The molecule has 0 spiro atoms. The number of nitrogens with zero attached hydrogens (tertiary/aromatic N) is 4. The van der Waals surface area contributed by atoms with Crippen LogP contribution in [0, 0.1) is 24.0 Å². The molecule has 2 heterocycles. The van der Waals surface area contributed by atoms with Crippen LogP contribution in [0.5, 0.6) is 6.01 Å². The summed E-state index contributed by atoms with van der Waals surface area (Å²) in [5.41, 5.74) is 1.41. The van der Waals surface area contributed by atoms with Crippen LogP contribution in [0.1, 0.15) is 24.2 Å². The lowest BCUT2D eigenvalue weighted by Crippen LogP contribution is -2.44. The van der Waals surface area contributed by atoms with Gasteiger partial charge in [-0.2, -0.15) is 4.31 Å². The number of ether oxygens (including phenoxy) is 1. The van der Waals surface area contributed by atoms with Crippen molar-refractivity contribution >= 4 is 15.7 Å². The Balaban J connectivity index is 1.75. The molecule has 0 saturated carbocycles. The van der Waals surface area contributed by atoms with Crippen LogP contribution >= 0.6 is 0 Å². The van der Waals surface area contributed by atoms with E-state index in [1.165, 1.54) is 28.6 Å². The Morgan fingerprint density at radius 1 is 1.19 bits per heavy atom. The van der Waals surface area contributed by atoms with Crippen LogP contribution < -0.4 is 4.74 Å². The maximum atomic E-state index is 12.8. The number of aromatic nitrogens is 2. The van der Waals surface area contributed by atoms with Gasteiger partial charge in [-0.1, -0.05) is 0 Å². The molecule has 1 saturated heterocycles. The van der Waals surface area contributed by atoms with Gasteiger partial charge in [0.1, 0.15) is 6.10 Å². The molecule has 1 unspecified atom stereocenters. The summed E-state index contributed by atoms with van der Waals surface area (Å²) >= 11 is 0. The van der Waals surface area contributed by atoms with Crippen LogP contribution in [0.15, 0.2) is 35.2 Å². The quantitative estimate of drug-likeness (QED) is 0.566. The lowest BCUT2D eigenvalue weighted by molar-refractivity contribution is -0.384. The predicted molar refractivity (Wildman–Crippen MR) is 97.0 cm³/mol. The van der Waals surface area contributed by atoms with Gasteiger partial charge in [-0.05, 0) is 44.9 Å². The highest BCUT2D eigenvalue weighted by molar-refractivity contribution is 7.89. The van der Waals surface area contributed by atoms with E-state index < -0.39 is 14.9 Å². The van der Waals surface area contributed by atoms with Crippen molar-refractivity contribution in [1.29, 1.82) is 0 Å². The molecule has 10 heteroatoms. The van der Waals surface area contributed by atoms with E-state index in [9.17, 15) is 18.5 Å². The second kappa shape index (κ2) is 7.57. The minimum absolute atomic E-state index is 0.0244. The fourth-order valence-corrected chi connectivity index (χ4v) is 4.51. The van der Waals surface area contributed by atoms with Crippen molar-refractivity contribution in [3.63, 3.8) is 0 Å². The molecule has 0 amide bonds. The van der Waals surface area contributed by atoms with Crippen LogP contribution in [-0.2, 0) is 10.0 Å². The van der Waals surface area contributed by atoms with Gasteiger partial charge in [-0.3, -0.25) is 10.1 Å². The lowest BCUT2D eigenvalue weighted by Gasteiger charge is -2.31. The molecule has 0 bridgehead atoms. The average Bonchev–Trinajstić information content (AvgIpc) is 2.61. The van der Waals surface area contributed by atoms with Crippen molar-refractivity contribution in [1.82, 2.24) is 14.3 Å². The van der Waals surface area contributed by atoms with E-state index in [1.54, 1.807) is 0 Å². The zero-order chi connectivity index (χ0) is 19.6. The smallest absolute Gasteiger partial charge is 0.317 e. The third-order valence-corrected chi connectivity index (χ3v) is 6.14. The Morgan fingerprint density at radius 3 is 2.41 bits per heavy atom. The Hall–Kier alpha value is -2.59. The van der Waals surface area contributed by atoms with Crippen LogP contribution in [-0.4, -0.2) is 46.8 Å². The van der Waals surface area contributed by atoms with Crippen molar-refractivity contribution in [3.05, 3.63) is 51.8 Å². The number of nitro groups is 1. The van der Waals surface area contributed by atoms with Gasteiger partial charge in [-0.25, -0.2) is 18.4 Å². The average molecular weight is 392 g/mol. The normalized spacial score (nSPS) is 18.2. The van der Waals surface area contributed by atoms with Crippen LogP contribution in [0.3, 0.4) is 0 Å². The molecule has 0 radical (unpaired) electrons. The molecular formula is C17H20N4O5S. The second-order valence-corrected chi connectivity index (χ2v) is 8.37. The van der Waals surface area contributed by atoms with Crippen LogP contribution in [0.2, 0.25) is 0 Å². The predicted octanol–water partition coefficient (Wildman–Crippen LogP) is 2.23. The zero-order valence-electron chi connectivity index (χ0n) is 15.0. The minimum Gasteiger partial charge on any atom is -0.459 e. The topological polar surface area (TPSA) is 116 Å². The Labute approximate surface area is 157 Å². The molecule has 0 aliphatic carbocycles. The first-order chi connectivity index (χ1) is 12.8. The Kier molecular flexibility index (Phi) is 5.38. The number of aryl methyl sites for hydroxylation is 2. The summed E-state index contributed by atoms with van der Waals surface area (Å²) in [5.74, 6) is 0. The van der Waals surface area contributed by atoms with Gasteiger partial charge in [-0.15, -0.1) is 0 Å². The number of piperidine rings is 1. The SMILES string of the molecule is Cc1cc(C)nc(OC2CCCN(S(=O)(=O)c3ccc([N+](=O)[O-])cc3)C2)n1. The number of non-ortho nitro benzene ring substituents is 1. The summed E-state index contributed by atoms with van der Waals surface area (Å²) in [6.45, 7) is 4.23. The van der Waals surface area contributed by atoms with E-state index in [2.05, 4.69) is 9.97 Å². The van der Waals surface area contributed by atoms with E-state index >= 15 is 0 Å². The number of nitro benzene ring substituents is 1. The molecule has 2 aromatic rings. The van der Waals surface area contributed by atoms with Crippen molar-refractivity contribution in [2.45, 2.75) is 37.7 Å². The van der Waals surface area contributed by atoms with Gasteiger partial charge in [0.05, 0.1) is 16.4 Å². The lowest BCUT2D eigenvalue weighted by atomic mass is 10.1. The number of hydrogen-bond donors (Lipinski definition) is 0. The van der Waals surface area contributed by atoms with Crippen LogP contribution in [0.4, 0.5) is 5.69 Å². The van der Waals surface area contributed by atoms with E-state index in [-0.39, 0.29) is 29.2 Å². The van der Waals surface area contributed by atoms with Gasteiger partial charge in [0.15, 0.2) is 0 Å². The minimum atomic E-state index is -3.76. The molecule has 1 aromatic heterocycles. The number of hydrogen-bond acceptors (Lipinski definition) is 7. The maximum Gasteiger partial charge on any atom is 0.317 e. The first kappa shape index (κ1) is 19.2. The zero-order valence-corrected chi connectivity index (χ0v) is 15.8. The molecule has 144 valence electrons. The van der Waals surface area contributed by atoms with Gasteiger partial charge < -0.3 is 4.74 Å². The molecule has 9 nitrogen and oxygen atoms in total. The molecule has 0 N–H and O–H groups in total. The molecule has 1 fully saturated rings. The molecule has 1 aliphatic heterocycles. The fraction of sp³-hybridized carbons (Fsp3) is 0.412. The first-order valence-corrected chi connectivity index (χ1v) is 9.93. The summed E-state index contributed by atoms with van der Waals surface area (Å²) in [5, 5.41) is 10.7. The van der Waals surface area contributed by atoms with Gasteiger partial charge in [0, 0.05) is 30.1 Å². The number of rotatable bonds is 5. The van der Waals surface area contributed by atoms with E-state index in [1.807, 2.05) is 19.9 Å². The van der Waals surface area contributed by atoms with Crippen LogP contribution in [0.25, 0.3) is 0 Å². The van der Waals surface area contributed by atoms with Crippen molar-refractivity contribution < 1.29 is 18.1 Å². The molecule has 1 aromatic carbocycles. The van der Waals surface area contributed by atoms with Crippen molar-refractivity contribution in [2.75, 3.05) is 13.1 Å². The standard InChI is InChI=1S/C17H20N4O5S/c1-12-10-13(2)19-17(18-12)26-15-4-3-9-20(11-15)27(24,25)16-7-5-14(6-8-16)21(22)23/h5-8,10,15H,3-4,9,11H2,1-2H3. The molecule has 1 aliphatic rings. The van der Waals surface area contributed by atoms with Crippen molar-refractivity contribution in [3.8, 4) is 6.01 Å². The summed E-state index contributed by atoms with van der Waals surface area (Å²) < 4.78 is 32.8. The summed E-state index contributed by atoms with van der Waals surface area (Å²) in [6.07, 6.45) is 0.984. The highest BCUT2D eigenvalue weighted by atomic mass is 32.2. The molecular weight excluding hydrogens is 372 g/mol. The van der Waals surface area contributed by atoms with E-state index in [0.29, 0.717) is 19.4 Å². The van der Waals surface area contributed by atoms with Gasteiger partial charge >= 0.3 is 6.01 Å². The van der Waals surface area contributed by atoms with Crippen molar-refractivity contribution in [2.24, 2.45) is 0 Å². The summed E-state index contributed by atoms with van der Waals surface area (Å²) in [7, 11) is -3.76. The third kappa shape index (κ3) is 4.40. The highest BCUT2D eigenvalue weighted by Crippen LogP contribution is 2.24. The summed E-state index contributed by atoms with van der Waals surface area (Å²) in [4.78, 5) is 18.7. The monoisotopic (exact) mass is 392 g/mol. The van der Waals surface area contributed by atoms with Gasteiger partial charge in [0.25, 0.3) is 5.69 Å². The summed E-state index contributed by atoms with van der Waals surface area (Å²) in [6, 6.07) is 6.96. The molecule has 3 rings (SSSR count). The Morgan fingerprint density at radius 2 is 1.81 bits per heavy atom. The molecule has 1 atom stereocenters. The number of benzene rings is 1. The maximum absolute atomic E-state index is 12.8. The first-order valence-electron chi connectivity index (χ1n) is 8.49.